The molecule has 0 aliphatic heterocycles. The van der Waals surface area contributed by atoms with Crippen molar-refractivity contribution in [1.82, 2.24) is 19.4 Å². The molecular weight excluding hydrogens is 382 g/mol. The minimum atomic E-state index is 0.813. The Balaban J connectivity index is 1.86. The molecule has 0 saturated carbocycles. The quantitative estimate of drug-likeness (QED) is 0.419. The van der Waals surface area contributed by atoms with Crippen molar-refractivity contribution < 1.29 is 0 Å². The summed E-state index contributed by atoms with van der Waals surface area (Å²) in [4.78, 5) is 12.1. The van der Waals surface area contributed by atoms with E-state index < -0.39 is 0 Å². The lowest BCUT2D eigenvalue weighted by molar-refractivity contribution is 0.402. The van der Waals surface area contributed by atoms with Crippen molar-refractivity contribution >= 4 is 27.8 Å². The number of rotatable bonds is 8. The number of anilines is 1. The van der Waals surface area contributed by atoms with Gasteiger partial charge in [-0.15, -0.1) is 0 Å². The topological polar surface area (TPSA) is 46.0 Å². The molecule has 2 aromatic heterocycles. The maximum Gasteiger partial charge on any atom is 0.154 e. The number of hydrogen-bond donors (Lipinski definition) is 1. The number of unbranched alkanes of at least 4 members (excludes halogenated alkanes) is 1. The van der Waals surface area contributed by atoms with E-state index in [2.05, 4.69) is 85.2 Å². The van der Waals surface area contributed by atoms with Crippen molar-refractivity contribution in [2.75, 3.05) is 26.5 Å². The summed E-state index contributed by atoms with van der Waals surface area (Å²) < 4.78 is 2.41. The Bertz CT molecular complexity index is 1190. The number of fused-ring (bicyclic) bond motifs is 3. The van der Waals surface area contributed by atoms with E-state index in [0.717, 1.165) is 55.0 Å². The molecule has 0 aliphatic carbocycles. The van der Waals surface area contributed by atoms with Gasteiger partial charge in [0.2, 0.25) is 0 Å². The van der Waals surface area contributed by atoms with E-state index >= 15 is 0 Å². The molecule has 0 atom stereocenters. The van der Waals surface area contributed by atoms with Crippen LogP contribution in [-0.2, 0) is 19.5 Å². The molecule has 0 saturated heterocycles. The van der Waals surface area contributed by atoms with E-state index in [1.54, 1.807) is 0 Å². The Labute approximate surface area is 185 Å². The van der Waals surface area contributed by atoms with Gasteiger partial charge in [-0.3, -0.25) is 0 Å². The first kappa shape index (κ1) is 21.3. The second-order valence-electron chi connectivity index (χ2n) is 8.70. The summed E-state index contributed by atoms with van der Waals surface area (Å²) in [5.41, 5.74) is 7.00. The number of aromatic nitrogens is 3. The molecule has 1 N–H and O–H groups in total. The van der Waals surface area contributed by atoms with Crippen molar-refractivity contribution in [3.63, 3.8) is 0 Å². The zero-order valence-corrected chi connectivity index (χ0v) is 19.4. The molecule has 0 spiro atoms. The standard InChI is InChI=1S/C26H33N5/c1-6-7-8-23-29-24-25(21-14-9-18(2)15-22(21)28-26(24)27-3)31(23)17-20-12-10-19(11-13-20)16-30(4)5/h9-15H,6-8,16-17H2,1-5H3,(H,27,28). The third-order valence-electron chi connectivity index (χ3n) is 5.76. The van der Waals surface area contributed by atoms with Gasteiger partial charge in [0.25, 0.3) is 0 Å². The number of aryl methyl sites for hydroxylation is 2. The largest absolute Gasteiger partial charge is 0.371 e. The fourth-order valence-electron chi connectivity index (χ4n) is 4.21. The number of pyridine rings is 1. The predicted octanol–water partition coefficient (Wildman–Crippen LogP) is 5.39. The summed E-state index contributed by atoms with van der Waals surface area (Å²) in [5.74, 6) is 1.99. The van der Waals surface area contributed by atoms with Gasteiger partial charge < -0.3 is 14.8 Å². The first-order valence-corrected chi connectivity index (χ1v) is 11.2. The molecule has 5 heteroatoms. The van der Waals surface area contributed by atoms with Gasteiger partial charge in [0.1, 0.15) is 11.3 Å². The monoisotopic (exact) mass is 415 g/mol. The smallest absolute Gasteiger partial charge is 0.154 e. The van der Waals surface area contributed by atoms with Crippen LogP contribution in [0.3, 0.4) is 0 Å². The van der Waals surface area contributed by atoms with Crippen LogP contribution in [0.25, 0.3) is 21.9 Å². The predicted molar refractivity (Wildman–Crippen MR) is 131 cm³/mol. The van der Waals surface area contributed by atoms with Crippen molar-refractivity contribution in [2.24, 2.45) is 0 Å². The fraction of sp³-hybridized carbons (Fsp3) is 0.385. The number of hydrogen-bond acceptors (Lipinski definition) is 4. The Morgan fingerprint density at radius 3 is 2.42 bits per heavy atom. The molecule has 31 heavy (non-hydrogen) atoms. The maximum atomic E-state index is 5.08. The number of nitrogens with zero attached hydrogens (tertiary/aromatic N) is 4. The highest BCUT2D eigenvalue weighted by Crippen LogP contribution is 2.31. The van der Waals surface area contributed by atoms with Crippen LogP contribution in [0, 0.1) is 6.92 Å². The molecule has 0 bridgehead atoms. The van der Waals surface area contributed by atoms with Crippen molar-refractivity contribution in [1.29, 1.82) is 0 Å². The minimum Gasteiger partial charge on any atom is -0.371 e. The lowest BCUT2D eigenvalue weighted by atomic mass is 10.1. The molecular formula is C26H33N5. The molecule has 4 aromatic rings. The molecule has 0 unspecified atom stereocenters. The molecule has 5 nitrogen and oxygen atoms in total. The van der Waals surface area contributed by atoms with Crippen LogP contribution < -0.4 is 5.32 Å². The normalized spacial score (nSPS) is 11.7. The SMILES string of the molecule is CCCCc1nc2c(NC)nc3cc(C)ccc3c2n1Cc1ccc(CN(C)C)cc1. The van der Waals surface area contributed by atoms with Crippen molar-refractivity contribution in [2.45, 2.75) is 46.2 Å². The van der Waals surface area contributed by atoms with Crippen LogP contribution in [0.4, 0.5) is 5.82 Å². The molecule has 162 valence electrons. The lowest BCUT2D eigenvalue weighted by Gasteiger charge is -2.13. The van der Waals surface area contributed by atoms with Crippen LogP contribution in [0.1, 0.15) is 42.3 Å². The summed E-state index contributed by atoms with van der Waals surface area (Å²) >= 11 is 0. The maximum absolute atomic E-state index is 5.08. The van der Waals surface area contributed by atoms with Gasteiger partial charge in [-0.2, -0.15) is 0 Å². The highest BCUT2D eigenvalue weighted by atomic mass is 15.1. The van der Waals surface area contributed by atoms with Crippen molar-refractivity contribution in [3.05, 3.63) is 65.0 Å². The second kappa shape index (κ2) is 9.06. The Kier molecular flexibility index (Phi) is 6.23. The summed E-state index contributed by atoms with van der Waals surface area (Å²) in [6.45, 7) is 6.12. The van der Waals surface area contributed by atoms with E-state index in [9.17, 15) is 0 Å². The van der Waals surface area contributed by atoms with Crippen LogP contribution in [0.15, 0.2) is 42.5 Å². The first-order chi connectivity index (χ1) is 15.0. The minimum absolute atomic E-state index is 0.813. The molecule has 0 aliphatic rings. The summed E-state index contributed by atoms with van der Waals surface area (Å²) in [6.07, 6.45) is 3.25. The van der Waals surface area contributed by atoms with Crippen LogP contribution in [0.5, 0.6) is 0 Å². The van der Waals surface area contributed by atoms with Gasteiger partial charge in [-0.05, 0) is 50.2 Å². The highest BCUT2D eigenvalue weighted by Gasteiger charge is 2.18. The van der Waals surface area contributed by atoms with Gasteiger partial charge in [-0.1, -0.05) is 49.7 Å². The Morgan fingerprint density at radius 1 is 1.00 bits per heavy atom. The van der Waals surface area contributed by atoms with Gasteiger partial charge in [-0.25, -0.2) is 9.97 Å². The van der Waals surface area contributed by atoms with E-state index in [4.69, 9.17) is 9.97 Å². The Morgan fingerprint density at radius 2 is 1.74 bits per heavy atom. The molecule has 0 amide bonds. The summed E-state index contributed by atoms with van der Waals surface area (Å²) in [7, 11) is 6.13. The molecule has 0 radical (unpaired) electrons. The third kappa shape index (κ3) is 4.42. The molecule has 2 aromatic carbocycles. The van der Waals surface area contributed by atoms with Gasteiger partial charge in [0.05, 0.1) is 11.0 Å². The Hall–Kier alpha value is -2.92. The zero-order chi connectivity index (χ0) is 22.0. The number of benzene rings is 2. The van der Waals surface area contributed by atoms with Crippen LogP contribution >= 0.6 is 0 Å². The van der Waals surface area contributed by atoms with Crippen LogP contribution in [0.2, 0.25) is 0 Å². The number of nitrogens with one attached hydrogen (secondary N) is 1. The average Bonchev–Trinajstić information content (AvgIpc) is 3.10. The van der Waals surface area contributed by atoms with Gasteiger partial charge in [0, 0.05) is 31.9 Å². The van der Waals surface area contributed by atoms with Gasteiger partial charge >= 0.3 is 0 Å². The van der Waals surface area contributed by atoms with E-state index in [-0.39, 0.29) is 0 Å². The molecule has 4 rings (SSSR count). The van der Waals surface area contributed by atoms with Crippen molar-refractivity contribution in [3.8, 4) is 0 Å². The van der Waals surface area contributed by atoms with Crippen LogP contribution in [-0.4, -0.2) is 40.6 Å². The summed E-state index contributed by atoms with van der Waals surface area (Å²) in [6, 6.07) is 15.5. The summed E-state index contributed by atoms with van der Waals surface area (Å²) in [5, 5.41) is 4.44. The lowest BCUT2D eigenvalue weighted by Crippen LogP contribution is -2.10. The average molecular weight is 416 g/mol. The van der Waals surface area contributed by atoms with Gasteiger partial charge in [0.15, 0.2) is 5.82 Å². The fourth-order valence-corrected chi connectivity index (χ4v) is 4.21. The second-order valence-corrected chi connectivity index (χ2v) is 8.70. The number of imidazole rings is 1. The zero-order valence-electron chi connectivity index (χ0n) is 19.4. The molecule has 2 heterocycles. The molecule has 0 fully saturated rings. The van der Waals surface area contributed by atoms with E-state index in [1.807, 2.05) is 7.05 Å². The van der Waals surface area contributed by atoms with E-state index in [0.29, 0.717) is 0 Å². The first-order valence-electron chi connectivity index (χ1n) is 11.2. The van der Waals surface area contributed by atoms with E-state index in [1.165, 1.54) is 27.6 Å². The third-order valence-corrected chi connectivity index (χ3v) is 5.76. The highest BCUT2D eigenvalue weighted by molar-refractivity contribution is 6.07.